The first-order chi connectivity index (χ1) is 8.11. The van der Waals surface area contributed by atoms with Crippen molar-refractivity contribution in [2.45, 2.75) is 18.8 Å². The first-order valence-electron chi connectivity index (χ1n) is 5.65. The minimum absolute atomic E-state index is 0.122. The van der Waals surface area contributed by atoms with Crippen molar-refractivity contribution >= 4 is 6.72 Å². The molecular weight excluding hydrogens is 255 g/mol. The van der Waals surface area contributed by atoms with Crippen LogP contribution in [0.15, 0.2) is 16.0 Å². The quantitative estimate of drug-likeness (QED) is 0.798. The third-order valence-electron chi connectivity index (χ3n) is 3.24. The summed E-state index contributed by atoms with van der Waals surface area (Å²) in [6.07, 6.45) is 2.18. The zero-order chi connectivity index (χ0) is 12.4. The fourth-order valence-corrected chi connectivity index (χ4v) is 2.65. The Balaban J connectivity index is 2.31. The number of aromatic amines is 1. The molecule has 0 atom stereocenters. The molecule has 1 aliphatic rings. The number of hydrogen-bond acceptors (Lipinski definition) is 3. The summed E-state index contributed by atoms with van der Waals surface area (Å²) in [6.45, 7) is 5.54. The zero-order valence-corrected chi connectivity index (χ0v) is 11.3. The number of piperidine rings is 1. The number of nitrogens with zero attached hydrogens (tertiary/aromatic N) is 3. The third-order valence-corrected chi connectivity index (χ3v) is 3.71. The molecule has 91 valence electrons. The van der Waals surface area contributed by atoms with Gasteiger partial charge in [0, 0.05) is 0 Å². The Morgan fingerprint density at radius 1 is 1.53 bits per heavy atom. The second-order valence-electron chi connectivity index (χ2n) is 4.42. The van der Waals surface area contributed by atoms with Gasteiger partial charge in [-0.1, -0.05) is 0 Å². The van der Waals surface area contributed by atoms with Crippen molar-refractivity contribution in [3.63, 3.8) is 0 Å². The van der Waals surface area contributed by atoms with Crippen molar-refractivity contribution in [1.82, 2.24) is 14.6 Å². The van der Waals surface area contributed by atoms with Crippen LogP contribution in [-0.2, 0) is 17.0 Å². The number of H-pyrrole nitrogens is 1. The summed E-state index contributed by atoms with van der Waals surface area (Å²) in [5, 5.41) is 3.67. The van der Waals surface area contributed by atoms with Crippen molar-refractivity contribution in [1.29, 1.82) is 0 Å². The molecule has 0 aliphatic carbocycles. The van der Waals surface area contributed by atoms with Crippen LogP contribution in [0.1, 0.15) is 24.5 Å². The molecule has 0 spiro atoms. The van der Waals surface area contributed by atoms with Gasteiger partial charge in [-0.25, -0.2) is 0 Å². The summed E-state index contributed by atoms with van der Waals surface area (Å²) in [5.41, 5.74) is 0.891. The SMILES string of the molecule is C=Nn1c(=O)cc(C2CCN(C)CC2)[nH][c]1=[V]. The van der Waals surface area contributed by atoms with Crippen molar-refractivity contribution in [3.05, 3.63) is 26.2 Å². The minimum atomic E-state index is -0.122. The molecule has 6 heteroatoms. The summed E-state index contributed by atoms with van der Waals surface area (Å²) < 4.78 is 1.94. The Bertz CT molecular complexity index is 494. The van der Waals surface area contributed by atoms with E-state index in [4.69, 9.17) is 0 Å². The predicted octanol–water partition coefficient (Wildman–Crippen LogP) is 0.528. The molecule has 0 bridgehead atoms. The molecule has 0 saturated carbocycles. The summed E-state index contributed by atoms with van der Waals surface area (Å²) in [5.74, 6) is 0.446. The first kappa shape index (κ1) is 12.5. The van der Waals surface area contributed by atoms with Crippen molar-refractivity contribution in [3.8, 4) is 0 Å². The molecule has 0 amide bonds. The van der Waals surface area contributed by atoms with Crippen molar-refractivity contribution < 1.29 is 17.0 Å². The van der Waals surface area contributed by atoms with Crippen LogP contribution in [0.25, 0.3) is 0 Å². The van der Waals surface area contributed by atoms with Crippen LogP contribution in [0.5, 0.6) is 0 Å². The fourth-order valence-electron chi connectivity index (χ4n) is 2.19. The van der Waals surface area contributed by atoms with Gasteiger partial charge in [-0.3, -0.25) is 0 Å². The van der Waals surface area contributed by atoms with E-state index in [-0.39, 0.29) is 5.56 Å². The molecule has 2 heterocycles. The van der Waals surface area contributed by atoms with E-state index in [1.54, 1.807) is 6.07 Å². The molecule has 5 nitrogen and oxygen atoms in total. The van der Waals surface area contributed by atoms with Gasteiger partial charge in [-0.15, -0.1) is 0 Å². The van der Waals surface area contributed by atoms with Gasteiger partial charge in [0.05, 0.1) is 0 Å². The summed E-state index contributed by atoms with van der Waals surface area (Å²) in [6, 6.07) is 1.64. The Labute approximate surface area is 109 Å². The molecule has 0 aromatic carbocycles. The summed E-state index contributed by atoms with van der Waals surface area (Å²) >= 11 is 2.33. The molecule has 1 saturated heterocycles. The van der Waals surface area contributed by atoms with Gasteiger partial charge in [-0.2, -0.15) is 0 Å². The maximum atomic E-state index is 11.8. The van der Waals surface area contributed by atoms with Crippen LogP contribution >= 0.6 is 0 Å². The van der Waals surface area contributed by atoms with Gasteiger partial charge in [-0.05, 0) is 0 Å². The van der Waals surface area contributed by atoms with E-state index < -0.39 is 0 Å². The van der Waals surface area contributed by atoms with E-state index in [0.29, 0.717) is 10.1 Å². The van der Waals surface area contributed by atoms with Crippen LogP contribution in [0.4, 0.5) is 0 Å². The Kier molecular flexibility index (Phi) is 3.81. The maximum absolute atomic E-state index is 11.8. The van der Waals surface area contributed by atoms with Crippen molar-refractivity contribution in [2.24, 2.45) is 5.10 Å². The normalized spacial score (nSPS) is 18.1. The Hall–Kier alpha value is -0.906. The average Bonchev–Trinajstić information content (AvgIpc) is 2.29. The molecule has 0 radical (unpaired) electrons. The van der Waals surface area contributed by atoms with Crippen LogP contribution < -0.4 is 5.56 Å². The topological polar surface area (TPSA) is 53.4 Å². The molecule has 2 rings (SSSR count). The van der Waals surface area contributed by atoms with Gasteiger partial charge in [0.2, 0.25) is 0 Å². The van der Waals surface area contributed by atoms with E-state index in [1.165, 1.54) is 4.68 Å². The van der Waals surface area contributed by atoms with E-state index in [1.807, 2.05) is 0 Å². The van der Waals surface area contributed by atoms with Crippen molar-refractivity contribution in [2.75, 3.05) is 20.1 Å². The van der Waals surface area contributed by atoms with Gasteiger partial charge in [0.25, 0.3) is 0 Å². The fraction of sp³-hybridized carbons (Fsp3) is 0.545. The first-order valence-corrected chi connectivity index (χ1v) is 6.35. The molecule has 1 aromatic rings. The van der Waals surface area contributed by atoms with Gasteiger partial charge in [0.15, 0.2) is 0 Å². The van der Waals surface area contributed by atoms with E-state index in [0.717, 1.165) is 31.6 Å². The van der Waals surface area contributed by atoms with Crippen LogP contribution in [0.2, 0.25) is 0 Å². The van der Waals surface area contributed by atoms with E-state index in [9.17, 15) is 4.79 Å². The molecule has 1 N–H and O–H groups in total. The molecule has 1 aliphatic heterocycles. The van der Waals surface area contributed by atoms with Gasteiger partial charge >= 0.3 is 109 Å². The second kappa shape index (κ2) is 5.17. The number of rotatable bonds is 2. The van der Waals surface area contributed by atoms with E-state index >= 15 is 0 Å². The number of aromatic nitrogens is 2. The Morgan fingerprint density at radius 3 is 2.71 bits per heavy atom. The standard InChI is InChI=1S/C11H16N4O.V/c1-12-15-8-13-10(7-11(15)16)9-3-5-14(2)6-4-9;/h7,9,13H,1,3-6H2,2H3;. The number of hydrogen-bond donors (Lipinski definition) is 1. The van der Waals surface area contributed by atoms with Gasteiger partial charge in [0.1, 0.15) is 0 Å². The predicted molar refractivity (Wildman–Crippen MR) is 62.7 cm³/mol. The number of likely N-dealkylation sites (tertiary alicyclic amines) is 1. The Morgan fingerprint density at radius 2 is 2.18 bits per heavy atom. The van der Waals surface area contributed by atoms with Crippen LogP contribution in [0, 0.1) is 4.13 Å². The van der Waals surface area contributed by atoms with Gasteiger partial charge < -0.3 is 0 Å². The molecule has 1 fully saturated rings. The molecule has 1 aromatic heterocycles. The summed E-state index contributed by atoms with van der Waals surface area (Å²) in [4.78, 5) is 17.3. The number of nitrogens with one attached hydrogen (secondary N) is 1. The van der Waals surface area contributed by atoms with E-state index in [2.05, 4.69) is 45.7 Å². The molecule has 0 unspecified atom stereocenters. The zero-order valence-electron chi connectivity index (χ0n) is 9.89. The molecular formula is C11H16N4OV. The monoisotopic (exact) mass is 271 g/mol. The second-order valence-corrected chi connectivity index (χ2v) is 5.08. The molecule has 17 heavy (non-hydrogen) atoms. The summed E-state index contributed by atoms with van der Waals surface area (Å²) in [7, 11) is 2.13. The van der Waals surface area contributed by atoms with Crippen LogP contribution in [-0.4, -0.2) is 41.4 Å². The third kappa shape index (κ3) is 2.68. The van der Waals surface area contributed by atoms with Crippen LogP contribution in [0.3, 0.4) is 0 Å². The average molecular weight is 271 g/mol.